The molecule has 1 aliphatic carbocycles. The summed E-state index contributed by atoms with van der Waals surface area (Å²) in [4.78, 5) is 0. The van der Waals surface area contributed by atoms with Crippen molar-refractivity contribution in [3.05, 3.63) is 33.8 Å². The summed E-state index contributed by atoms with van der Waals surface area (Å²) < 4.78 is 12.1. The molecule has 1 N–H and O–H groups in total. The number of nitrogens with one attached hydrogen (secondary N) is 1. The maximum Gasteiger partial charge on any atom is 0.0728 e. The molecule has 1 fully saturated rings. The Morgan fingerprint density at radius 1 is 1.20 bits per heavy atom. The standard InChI is InChI=1S/C16H24BrNO2/c1-2-7-19-8-9-20-12-14-4-3-13(10-16(14)17)11-18-15-5-6-15/h3-4,10,15,18H,2,5-9,11-12H2,1H3. The van der Waals surface area contributed by atoms with Crippen LogP contribution in [0, 0.1) is 0 Å². The highest BCUT2D eigenvalue weighted by atomic mass is 79.9. The minimum atomic E-state index is 0.631. The van der Waals surface area contributed by atoms with Crippen LogP contribution in [-0.4, -0.2) is 25.9 Å². The van der Waals surface area contributed by atoms with E-state index in [2.05, 4.69) is 46.4 Å². The van der Waals surface area contributed by atoms with Crippen molar-refractivity contribution in [2.24, 2.45) is 0 Å². The fraction of sp³-hybridized carbons (Fsp3) is 0.625. The van der Waals surface area contributed by atoms with Crippen LogP contribution in [0.5, 0.6) is 0 Å². The summed E-state index contributed by atoms with van der Waals surface area (Å²) in [5.41, 5.74) is 2.51. The lowest BCUT2D eigenvalue weighted by atomic mass is 10.1. The molecule has 0 spiro atoms. The third-order valence-corrected chi connectivity index (χ3v) is 4.01. The third kappa shape index (κ3) is 5.92. The van der Waals surface area contributed by atoms with Crippen molar-refractivity contribution in [3.8, 4) is 0 Å². The smallest absolute Gasteiger partial charge is 0.0728 e. The van der Waals surface area contributed by atoms with Crippen molar-refractivity contribution in [1.82, 2.24) is 5.32 Å². The molecule has 0 aliphatic heterocycles. The van der Waals surface area contributed by atoms with Gasteiger partial charge in [-0.1, -0.05) is 35.0 Å². The number of ether oxygens (including phenoxy) is 2. The van der Waals surface area contributed by atoms with Gasteiger partial charge in [0, 0.05) is 23.7 Å². The second-order valence-corrected chi connectivity index (χ2v) is 6.10. The summed E-state index contributed by atoms with van der Waals surface area (Å²) in [7, 11) is 0. The van der Waals surface area contributed by atoms with E-state index in [0.29, 0.717) is 19.8 Å². The molecule has 3 nitrogen and oxygen atoms in total. The van der Waals surface area contributed by atoms with E-state index >= 15 is 0 Å². The first kappa shape index (κ1) is 16.0. The monoisotopic (exact) mass is 341 g/mol. The number of hydrogen-bond donors (Lipinski definition) is 1. The van der Waals surface area contributed by atoms with E-state index in [1.807, 2.05) is 0 Å². The Bertz CT molecular complexity index is 407. The number of benzene rings is 1. The van der Waals surface area contributed by atoms with Gasteiger partial charge in [0.15, 0.2) is 0 Å². The normalized spacial score (nSPS) is 14.7. The summed E-state index contributed by atoms with van der Waals surface area (Å²) in [6.07, 6.45) is 3.71. The maximum atomic E-state index is 5.62. The second-order valence-electron chi connectivity index (χ2n) is 5.25. The van der Waals surface area contributed by atoms with Crippen LogP contribution < -0.4 is 5.32 Å². The van der Waals surface area contributed by atoms with Crippen molar-refractivity contribution in [3.63, 3.8) is 0 Å². The molecule has 0 bridgehead atoms. The summed E-state index contributed by atoms with van der Waals surface area (Å²) in [5.74, 6) is 0. The molecule has 0 heterocycles. The quantitative estimate of drug-likeness (QED) is 0.659. The highest BCUT2D eigenvalue weighted by Gasteiger charge is 2.19. The molecule has 1 aliphatic rings. The van der Waals surface area contributed by atoms with Crippen LogP contribution in [0.3, 0.4) is 0 Å². The Labute approximate surface area is 130 Å². The van der Waals surface area contributed by atoms with Crippen LogP contribution in [0.2, 0.25) is 0 Å². The molecule has 1 aromatic carbocycles. The van der Waals surface area contributed by atoms with E-state index in [0.717, 1.165) is 30.1 Å². The van der Waals surface area contributed by atoms with Crippen LogP contribution >= 0.6 is 15.9 Å². The first-order chi connectivity index (χ1) is 9.79. The first-order valence-corrected chi connectivity index (χ1v) is 8.25. The average Bonchev–Trinajstić information content (AvgIpc) is 3.26. The van der Waals surface area contributed by atoms with Crippen LogP contribution in [-0.2, 0) is 22.6 Å². The SMILES string of the molecule is CCCOCCOCc1ccc(CNC2CC2)cc1Br. The van der Waals surface area contributed by atoms with Gasteiger partial charge in [0.2, 0.25) is 0 Å². The van der Waals surface area contributed by atoms with E-state index in [4.69, 9.17) is 9.47 Å². The van der Waals surface area contributed by atoms with E-state index in [9.17, 15) is 0 Å². The zero-order valence-corrected chi connectivity index (χ0v) is 13.7. The summed E-state index contributed by atoms with van der Waals surface area (Å²) in [6.45, 7) is 5.83. The van der Waals surface area contributed by atoms with Gasteiger partial charge in [0.25, 0.3) is 0 Å². The van der Waals surface area contributed by atoms with E-state index < -0.39 is 0 Å². The van der Waals surface area contributed by atoms with Crippen molar-refractivity contribution in [1.29, 1.82) is 0 Å². The van der Waals surface area contributed by atoms with Gasteiger partial charge in [-0.3, -0.25) is 0 Å². The molecule has 0 aromatic heterocycles. The van der Waals surface area contributed by atoms with Crippen molar-refractivity contribution >= 4 is 15.9 Å². The van der Waals surface area contributed by atoms with Gasteiger partial charge in [-0.05, 0) is 36.5 Å². The Morgan fingerprint density at radius 2 is 2.00 bits per heavy atom. The van der Waals surface area contributed by atoms with Gasteiger partial charge < -0.3 is 14.8 Å². The molecule has 0 amide bonds. The highest BCUT2D eigenvalue weighted by molar-refractivity contribution is 9.10. The van der Waals surface area contributed by atoms with E-state index in [-0.39, 0.29) is 0 Å². The van der Waals surface area contributed by atoms with Gasteiger partial charge in [-0.25, -0.2) is 0 Å². The molecule has 112 valence electrons. The maximum absolute atomic E-state index is 5.62. The van der Waals surface area contributed by atoms with Crippen LogP contribution in [0.15, 0.2) is 22.7 Å². The lowest BCUT2D eigenvalue weighted by Crippen LogP contribution is -2.15. The fourth-order valence-electron chi connectivity index (χ4n) is 1.91. The minimum absolute atomic E-state index is 0.631. The zero-order chi connectivity index (χ0) is 14.2. The first-order valence-electron chi connectivity index (χ1n) is 7.45. The zero-order valence-electron chi connectivity index (χ0n) is 12.2. The van der Waals surface area contributed by atoms with Crippen molar-refractivity contribution < 1.29 is 9.47 Å². The molecular weight excluding hydrogens is 318 g/mol. The lowest BCUT2D eigenvalue weighted by molar-refractivity contribution is 0.0406. The van der Waals surface area contributed by atoms with Crippen LogP contribution in [0.4, 0.5) is 0 Å². The van der Waals surface area contributed by atoms with Gasteiger partial charge >= 0.3 is 0 Å². The van der Waals surface area contributed by atoms with Crippen molar-refractivity contribution in [2.45, 2.75) is 45.4 Å². The Kier molecular flexibility index (Phi) is 7.00. The number of hydrogen-bond acceptors (Lipinski definition) is 3. The van der Waals surface area contributed by atoms with E-state index in [1.165, 1.54) is 24.0 Å². The number of halogens is 1. The summed E-state index contributed by atoms with van der Waals surface area (Å²) in [5, 5.41) is 3.52. The van der Waals surface area contributed by atoms with E-state index in [1.54, 1.807) is 0 Å². The summed E-state index contributed by atoms with van der Waals surface area (Å²) >= 11 is 3.62. The van der Waals surface area contributed by atoms with Crippen molar-refractivity contribution in [2.75, 3.05) is 19.8 Å². The molecule has 2 rings (SSSR count). The predicted octanol–water partition coefficient (Wildman–Crippen LogP) is 3.64. The molecule has 0 saturated heterocycles. The lowest BCUT2D eigenvalue weighted by Gasteiger charge is -2.09. The molecule has 20 heavy (non-hydrogen) atoms. The Morgan fingerprint density at radius 3 is 2.70 bits per heavy atom. The fourth-order valence-corrected chi connectivity index (χ4v) is 2.45. The average molecular weight is 342 g/mol. The molecule has 1 aromatic rings. The molecule has 0 unspecified atom stereocenters. The molecule has 4 heteroatoms. The largest absolute Gasteiger partial charge is 0.379 e. The topological polar surface area (TPSA) is 30.5 Å². The highest BCUT2D eigenvalue weighted by Crippen LogP contribution is 2.22. The van der Waals surface area contributed by atoms with Gasteiger partial charge in [-0.15, -0.1) is 0 Å². The minimum Gasteiger partial charge on any atom is -0.379 e. The summed E-state index contributed by atoms with van der Waals surface area (Å²) in [6, 6.07) is 7.24. The number of rotatable bonds is 10. The molecule has 1 saturated carbocycles. The van der Waals surface area contributed by atoms with Crippen LogP contribution in [0.25, 0.3) is 0 Å². The van der Waals surface area contributed by atoms with Crippen LogP contribution in [0.1, 0.15) is 37.3 Å². The third-order valence-electron chi connectivity index (χ3n) is 3.27. The van der Waals surface area contributed by atoms with Gasteiger partial charge in [0.05, 0.1) is 19.8 Å². The molecule has 0 atom stereocenters. The molecular formula is C16H24BrNO2. The second kappa shape index (κ2) is 8.78. The molecule has 0 radical (unpaired) electrons. The van der Waals surface area contributed by atoms with Gasteiger partial charge in [-0.2, -0.15) is 0 Å². The Hall–Kier alpha value is -0.420. The van der Waals surface area contributed by atoms with Gasteiger partial charge in [0.1, 0.15) is 0 Å². The Balaban J connectivity index is 1.68. The predicted molar refractivity (Wildman–Crippen MR) is 84.8 cm³/mol.